The van der Waals surface area contributed by atoms with Crippen LogP contribution in [0.1, 0.15) is 11.1 Å². The van der Waals surface area contributed by atoms with Crippen molar-refractivity contribution in [2.45, 2.75) is 19.1 Å². The van der Waals surface area contributed by atoms with Gasteiger partial charge in [-0.2, -0.15) is 13.2 Å². The number of amides is 1. The van der Waals surface area contributed by atoms with Gasteiger partial charge < -0.3 is 19.3 Å². The van der Waals surface area contributed by atoms with E-state index in [1.54, 1.807) is 0 Å². The Labute approximate surface area is 173 Å². The van der Waals surface area contributed by atoms with Gasteiger partial charge >= 0.3 is 18.6 Å². The van der Waals surface area contributed by atoms with Gasteiger partial charge in [0.25, 0.3) is 0 Å². The molecule has 3 rings (SSSR count). The summed E-state index contributed by atoms with van der Waals surface area (Å²) in [6.07, 6.45) is -8.99. The van der Waals surface area contributed by atoms with Crippen LogP contribution in [0, 0.1) is 0 Å². The number of carbonyl (C=O) groups is 1. The highest BCUT2D eigenvalue weighted by Crippen LogP contribution is 2.35. The van der Waals surface area contributed by atoms with E-state index in [1.165, 1.54) is 40.3 Å². The first kappa shape index (κ1) is 22.5. The number of anilines is 1. The molecule has 12 heteroatoms. The van der Waals surface area contributed by atoms with E-state index in [-0.39, 0.29) is 37.6 Å². The number of halogens is 6. The molecule has 2 aromatic rings. The molecule has 1 aromatic carbocycles. The molecule has 0 N–H and O–H groups in total. The minimum absolute atomic E-state index is 0.0233. The van der Waals surface area contributed by atoms with Crippen LogP contribution in [0.15, 0.2) is 42.6 Å². The van der Waals surface area contributed by atoms with Crippen LogP contribution in [0.4, 0.5) is 37.0 Å². The van der Waals surface area contributed by atoms with Gasteiger partial charge in [-0.1, -0.05) is 18.2 Å². The molecule has 0 radical (unpaired) electrons. The molecule has 0 atom stereocenters. The van der Waals surface area contributed by atoms with Gasteiger partial charge in [-0.3, -0.25) is 0 Å². The van der Waals surface area contributed by atoms with E-state index in [0.29, 0.717) is 0 Å². The van der Waals surface area contributed by atoms with Crippen LogP contribution in [0.5, 0.6) is 5.75 Å². The highest BCUT2D eigenvalue weighted by Gasteiger charge is 2.36. The van der Waals surface area contributed by atoms with Crippen LogP contribution in [0.2, 0.25) is 0 Å². The average Bonchev–Trinajstić information content (AvgIpc) is 2.71. The lowest BCUT2D eigenvalue weighted by molar-refractivity contribution is -0.275. The molecule has 1 amide bonds. The number of nitrogens with zero attached hydrogens (tertiary/aromatic N) is 3. The topological polar surface area (TPSA) is 54.9 Å². The summed E-state index contributed by atoms with van der Waals surface area (Å²) < 4.78 is 85.9. The van der Waals surface area contributed by atoms with Crippen molar-refractivity contribution >= 4 is 11.9 Å². The maximum absolute atomic E-state index is 13.2. The number of piperazine rings is 1. The van der Waals surface area contributed by atoms with Crippen molar-refractivity contribution in [2.75, 3.05) is 31.1 Å². The molecular weight excluding hydrogens is 432 g/mol. The summed E-state index contributed by atoms with van der Waals surface area (Å²) in [6, 6.07) is 7.37. The highest BCUT2D eigenvalue weighted by molar-refractivity contribution is 5.68. The van der Waals surface area contributed by atoms with Gasteiger partial charge in [-0.15, -0.1) is 13.2 Å². The molecule has 168 valence electrons. The van der Waals surface area contributed by atoms with Gasteiger partial charge in [0.1, 0.15) is 18.2 Å². The van der Waals surface area contributed by atoms with Gasteiger partial charge in [-0.05, 0) is 18.2 Å². The van der Waals surface area contributed by atoms with Crippen LogP contribution in [0.3, 0.4) is 0 Å². The fourth-order valence-electron chi connectivity index (χ4n) is 3.05. The van der Waals surface area contributed by atoms with Gasteiger partial charge in [0.05, 0.1) is 5.56 Å². The quantitative estimate of drug-likeness (QED) is 0.646. The molecule has 0 bridgehead atoms. The SMILES string of the molecule is O=C(OCc1ccccc1OC(F)(F)F)N1CCN(c2ncccc2C(F)(F)F)CC1. The number of carbonyl (C=O) groups excluding carboxylic acids is 1. The summed E-state index contributed by atoms with van der Waals surface area (Å²) in [5.74, 6) is -0.705. The smallest absolute Gasteiger partial charge is 0.444 e. The Hall–Kier alpha value is -3.18. The van der Waals surface area contributed by atoms with E-state index in [1.807, 2.05) is 0 Å². The van der Waals surface area contributed by atoms with Crippen LogP contribution in [-0.4, -0.2) is 48.5 Å². The third-order valence-corrected chi connectivity index (χ3v) is 4.48. The average molecular weight is 449 g/mol. The molecule has 1 aromatic heterocycles. The third-order valence-electron chi connectivity index (χ3n) is 4.48. The molecule has 0 saturated carbocycles. The van der Waals surface area contributed by atoms with Crippen LogP contribution >= 0.6 is 0 Å². The summed E-state index contributed by atoms with van der Waals surface area (Å²) in [7, 11) is 0. The summed E-state index contributed by atoms with van der Waals surface area (Å²) in [4.78, 5) is 18.8. The predicted molar refractivity (Wildman–Crippen MR) is 96.3 cm³/mol. The molecule has 1 aliphatic rings. The fraction of sp³-hybridized carbons (Fsp3) is 0.368. The molecule has 6 nitrogen and oxygen atoms in total. The van der Waals surface area contributed by atoms with Gasteiger partial charge in [0.15, 0.2) is 0 Å². The molecule has 0 unspecified atom stereocenters. The van der Waals surface area contributed by atoms with Crippen molar-refractivity contribution in [3.8, 4) is 5.75 Å². The lowest BCUT2D eigenvalue weighted by atomic mass is 10.2. The van der Waals surface area contributed by atoms with Crippen molar-refractivity contribution in [3.63, 3.8) is 0 Å². The maximum atomic E-state index is 13.2. The van der Waals surface area contributed by atoms with Crippen molar-refractivity contribution in [3.05, 3.63) is 53.7 Å². The zero-order valence-electron chi connectivity index (χ0n) is 15.9. The first-order chi connectivity index (χ1) is 14.5. The van der Waals surface area contributed by atoms with E-state index in [9.17, 15) is 31.1 Å². The van der Waals surface area contributed by atoms with E-state index >= 15 is 0 Å². The minimum atomic E-state index is -4.89. The number of aromatic nitrogens is 1. The number of para-hydroxylation sites is 1. The molecule has 31 heavy (non-hydrogen) atoms. The number of pyridine rings is 1. The first-order valence-corrected chi connectivity index (χ1v) is 9.07. The zero-order valence-corrected chi connectivity index (χ0v) is 15.9. The van der Waals surface area contributed by atoms with Crippen molar-refractivity contribution in [1.82, 2.24) is 9.88 Å². The largest absolute Gasteiger partial charge is 0.573 e. The standard InChI is InChI=1S/C19H17F6N3O3/c20-18(21,22)14-5-3-7-26-16(14)27-8-10-28(11-9-27)17(29)30-12-13-4-1-2-6-15(13)31-19(23,24)25/h1-7H,8-12H2. The monoisotopic (exact) mass is 449 g/mol. The summed E-state index contributed by atoms with van der Waals surface area (Å²) >= 11 is 0. The van der Waals surface area contributed by atoms with E-state index in [0.717, 1.165) is 12.1 Å². The summed E-state index contributed by atoms with van der Waals surface area (Å²) in [5, 5.41) is 0. The summed E-state index contributed by atoms with van der Waals surface area (Å²) in [6.45, 7) is -0.156. The lowest BCUT2D eigenvalue weighted by Crippen LogP contribution is -2.49. The Bertz CT molecular complexity index is 911. The van der Waals surface area contributed by atoms with Crippen molar-refractivity contribution in [1.29, 1.82) is 0 Å². The van der Waals surface area contributed by atoms with E-state index < -0.39 is 36.6 Å². The second-order valence-corrected chi connectivity index (χ2v) is 6.56. The number of alkyl halides is 6. The zero-order chi connectivity index (χ0) is 22.6. The van der Waals surface area contributed by atoms with Crippen LogP contribution in [-0.2, 0) is 17.5 Å². The number of hydrogen-bond acceptors (Lipinski definition) is 5. The molecule has 1 fully saturated rings. The minimum Gasteiger partial charge on any atom is -0.444 e. The molecule has 0 spiro atoms. The Kier molecular flexibility index (Phi) is 6.46. The fourth-order valence-corrected chi connectivity index (χ4v) is 3.05. The lowest BCUT2D eigenvalue weighted by Gasteiger charge is -2.35. The molecule has 0 aliphatic carbocycles. The van der Waals surface area contributed by atoms with Crippen LogP contribution < -0.4 is 9.64 Å². The van der Waals surface area contributed by atoms with Gasteiger partial charge in [-0.25, -0.2) is 9.78 Å². The normalized spacial score (nSPS) is 15.0. The Morgan fingerprint density at radius 3 is 2.29 bits per heavy atom. The van der Waals surface area contributed by atoms with E-state index in [4.69, 9.17) is 4.74 Å². The molecule has 2 heterocycles. The number of rotatable bonds is 4. The Morgan fingerprint density at radius 2 is 1.65 bits per heavy atom. The van der Waals surface area contributed by atoms with Gasteiger partial charge in [0, 0.05) is 37.9 Å². The van der Waals surface area contributed by atoms with Crippen molar-refractivity contribution in [2.24, 2.45) is 0 Å². The predicted octanol–water partition coefficient (Wildman–Crippen LogP) is 4.46. The number of benzene rings is 1. The second kappa shape index (κ2) is 8.90. The summed E-state index contributed by atoms with van der Waals surface area (Å²) in [5.41, 5.74) is -0.845. The molecule has 1 aliphatic heterocycles. The van der Waals surface area contributed by atoms with Crippen LogP contribution in [0.25, 0.3) is 0 Å². The Balaban J connectivity index is 1.58. The highest BCUT2D eigenvalue weighted by atomic mass is 19.4. The first-order valence-electron chi connectivity index (χ1n) is 9.07. The van der Waals surface area contributed by atoms with Crippen molar-refractivity contribution < 1.29 is 40.6 Å². The number of ether oxygens (including phenoxy) is 2. The second-order valence-electron chi connectivity index (χ2n) is 6.56. The molecule has 1 saturated heterocycles. The third kappa shape index (κ3) is 5.92. The number of hydrogen-bond donors (Lipinski definition) is 0. The maximum Gasteiger partial charge on any atom is 0.573 e. The van der Waals surface area contributed by atoms with E-state index in [2.05, 4.69) is 9.72 Å². The molecular formula is C19H17F6N3O3. The Morgan fingerprint density at radius 1 is 0.968 bits per heavy atom. The van der Waals surface area contributed by atoms with Gasteiger partial charge in [0.2, 0.25) is 0 Å².